The van der Waals surface area contributed by atoms with Crippen LogP contribution in [0.15, 0.2) is 12.3 Å². The minimum absolute atomic E-state index is 0.203. The van der Waals surface area contributed by atoms with E-state index in [0.717, 1.165) is 12.2 Å². The smallest absolute Gasteiger partial charge is 0.235 e. The molecule has 1 fully saturated rings. The fourth-order valence-corrected chi connectivity index (χ4v) is 1.75. The predicted octanol–water partition coefficient (Wildman–Crippen LogP) is 0.559. The van der Waals surface area contributed by atoms with Crippen molar-refractivity contribution in [1.29, 1.82) is 0 Å². The zero-order valence-corrected chi connectivity index (χ0v) is 9.06. The summed E-state index contributed by atoms with van der Waals surface area (Å²) in [4.78, 5) is 31.0. The summed E-state index contributed by atoms with van der Waals surface area (Å²) >= 11 is 0. The highest BCUT2D eigenvalue weighted by Gasteiger charge is 2.28. The highest BCUT2D eigenvalue weighted by molar-refractivity contribution is 6.00. The van der Waals surface area contributed by atoms with Gasteiger partial charge in [-0.25, -0.2) is 9.97 Å². The minimum Gasteiger partial charge on any atom is -0.296 e. The molecule has 1 aromatic heterocycles. The Labute approximate surface area is 93.3 Å². The van der Waals surface area contributed by atoms with E-state index in [1.54, 1.807) is 12.3 Å². The summed E-state index contributed by atoms with van der Waals surface area (Å²) in [6.45, 7) is 1.96. The van der Waals surface area contributed by atoms with E-state index in [4.69, 9.17) is 0 Å². The Morgan fingerprint density at radius 2 is 2.31 bits per heavy atom. The van der Waals surface area contributed by atoms with Gasteiger partial charge in [-0.1, -0.05) is 6.92 Å². The van der Waals surface area contributed by atoms with Crippen LogP contribution < -0.4 is 5.32 Å². The molecule has 16 heavy (non-hydrogen) atoms. The molecule has 0 bridgehead atoms. The molecule has 0 aromatic carbocycles. The highest BCUT2D eigenvalue weighted by atomic mass is 16.2. The fraction of sp³-hybridized carbons (Fsp3) is 0.455. The molecule has 1 aliphatic rings. The van der Waals surface area contributed by atoms with Crippen LogP contribution in [-0.4, -0.2) is 21.8 Å². The van der Waals surface area contributed by atoms with Gasteiger partial charge in [0.25, 0.3) is 0 Å². The Kier molecular flexibility index (Phi) is 2.94. The fourth-order valence-electron chi connectivity index (χ4n) is 1.75. The normalized spacial score (nSPS) is 20.7. The minimum atomic E-state index is -0.314. The van der Waals surface area contributed by atoms with Gasteiger partial charge in [0.05, 0.1) is 11.6 Å². The van der Waals surface area contributed by atoms with E-state index < -0.39 is 0 Å². The van der Waals surface area contributed by atoms with Gasteiger partial charge in [-0.05, 0) is 12.5 Å². The van der Waals surface area contributed by atoms with Gasteiger partial charge in [0.2, 0.25) is 11.8 Å². The summed E-state index contributed by atoms with van der Waals surface area (Å²) < 4.78 is 0. The summed E-state index contributed by atoms with van der Waals surface area (Å²) in [5.74, 6) is -0.0452. The average molecular weight is 219 g/mol. The molecule has 0 spiro atoms. The number of aromatic nitrogens is 2. The second-order valence-corrected chi connectivity index (χ2v) is 3.75. The molecule has 1 atom stereocenters. The van der Waals surface area contributed by atoms with Crippen LogP contribution in [0.3, 0.4) is 0 Å². The van der Waals surface area contributed by atoms with Gasteiger partial charge in [0, 0.05) is 19.0 Å². The Morgan fingerprint density at radius 3 is 3.00 bits per heavy atom. The Morgan fingerprint density at radius 1 is 1.50 bits per heavy atom. The van der Waals surface area contributed by atoms with Crippen molar-refractivity contribution in [3.05, 3.63) is 23.8 Å². The standard InChI is InChI=1S/C11H13N3O2/c1-2-9-12-6-5-8(13-9)7-3-4-10(15)14-11(7)16/h5-7H,2-4H2,1H3,(H,14,15,16). The van der Waals surface area contributed by atoms with E-state index in [2.05, 4.69) is 15.3 Å². The van der Waals surface area contributed by atoms with Crippen molar-refractivity contribution in [2.75, 3.05) is 0 Å². The Balaban J connectivity index is 2.23. The van der Waals surface area contributed by atoms with Crippen molar-refractivity contribution in [1.82, 2.24) is 15.3 Å². The molecule has 5 nitrogen and oxygen atoms in total. The SMILES string of the molecule is CCc1nccc(C2CCC(=O)NC2=O)n1. The van der Waals surface area contributed by atoms with Crippen LogP contribution in [0.25, 0.3) is 0 Å². The number of carbonyl (C=O) groups is 2. The lowest BCUT2D eigenvalue weighted by atomic mass is 9.94. The van der Waals surface area contributed by atoms with Crippen molar-refractivity contribution in [2.24, 2.45) is 0 Å². The van der Waals surface area contributed by atoms with Gasteiger partial charge in [-0.15, -0.1) is 0 Å². The molecule has 1 N–H and O–H groups in total. The maximum atomic E-state index is 11.6. The topological polar surface area (TPSA) is 72.0 Å². The van der Waals surface area contributed by atoms with Crippen LogP contribution in [0.5, 0.6) is 0 Å². The van der Waals surface area contributed by atoms with Crippen molar-refractivity contribution < 1.29 is 9.59 Å². The number of hydrogen-bond acceptors (Lipinski definition) is 4. The maximum absolute atomic E-state index is 11.6. The lowest BCUT2D eigenvalue weighted by molar-refractivity contribution is -0.134. The van der Waals surface area contributed by atoms with E-state index in [9.17, 15) is 9.59 Å². The van der Waals surface area contributed by atoms with E-state index >= 15 is 0 Å². The third-order valence-electron chi connectivity index (χ3n) is 2.64. The first-order valence-corrected chi connectivity index (χ1v) is 5.36. The average Bonchev–Trinajstić information content (AvgIpc) is 2.29. The number of amides is 2. The largest absolute Gasteiger partial charge is 0.296 e. The van der Waals surface area contributed by atoms with Gasteiger partial charge in [-0.2, -0.15) is 0 Å². The molecule has 2 amide bonds. The number of imide groups is 1. The molecule has 1 aliphatic heterocycles. The lowest BCUT2D eigenvalue weighted by Crippen LogP contribution is -2.39. The predicted molar refractivity (Wildman–Crippen MR) is 56.5 cm³/mol. The lowest BCUT2D eigenvalue weighted by Gasteiger charge is -2.20. The summed E-state index contributed by atoms with van der Waals surface area (Å²) in [5.41, 5.74) is 0.705. The van der Waals surface area contributed by atoms with Gasteiger partial charge in [0.15, 0.2) is 0 Å². The summed E-state index contributed by atoms with van der Waals surface area (Å²) in [6, 6.07) is 1.74. The molecule has 2 heterocycles. The number of nitrogens with one attached hydrogen (secondary N) is 1. The van der Waals surface area contributed by atoms with E-state index in [1.807, 2.05) is 6.92 Å². The quantitative estimate of drug-likeness (QED) is 0.738. The van der Waals surface area contributed by atoms with Crippen LogP contribution in [0, 0.1) is 0 Å². The van der Waals surface area contributed by atoms with Crippen molar-refractivity contribution >= 4 is 11.8 Å². The summed E-state index contributed by atoms with van der Waals surface area (Å²) in [5, 5.41) is 2.33. The van der Waals surface area contributed by atoms with E-state index in [-0.39, 0.29) is 17.7 Å². The van der Waals surface area contributed by atoms with Crippen molar-refractivity contribution in [3.63, 3.8) is 0 Å². The summed E-state index contributed by atoms with van der Waals surface area (Å²) in [7, 11) is 0. The first-order valence-electron chi connectivity index (χ1n) is 5.36. The van der Waals surface area contributed by atoms with Crippen LogP contribution in [0.4, 0.5) is 0 Å². The molecule has 1 saturated heterocycles. The molecule has 1 unspecified atom stereocenters. The molecule has 2 rings (SSSR count). The molecule has 0 radical (unpaired) electrons. The zero-order chi connectivity index (χ0) is 11.5. The second kappa shape index (κ2) is 4.38. The summed E-state index contributed by atoms with van der Waals surface area (Å²) in [6.07, 6.45) is 3.30. The van der Waals surface area contributed by atoms with Gasteiger partial charge in [-0.3, -0.25) is 14.9 Å². The molecular weight excluding hydrogens is 206 g/mol. The monoisotopic (exact) mass is 219 g/mol. The Hall–Kier alpha value is -1.78. The Bertz CT molecular complexity index is 431. The number of aryl methyl sites for hydroxylation is 1. The molecule has 5 heteroatoms. The first-order chi connectivity index (χ1) is 7.70. The van der Waals surface area contributed by atoms with Gasteiger partial charge in [0.1, 0.15) is 5.82 Å². The number of hydrogen-bond donors (Lipinski definition) is 1. The number of piperidine rings is 1. The molecule has 84 valence electrons. The van der Waals surface area contributed by atoms with Crippen molar-refractivity contribution in [3.8, 4) is 0 Å². The number of carbonyl (C=O) groups excluding carboxylic acids is 2. The highest BCUT2D eigenvalue weighted by Crippen LogP contribution is 2.22. The maximum Gasteiger partial charge on any atom is 0.235 e. The number of nitrogens with zero attached hydrogens (tertiary/aromatic N) is 2. The molecule has 0 saturated carbocycles. The first kappa shape index (κ1) is 10.7. The number of rotatable bonds is 2. The van der Waals surface area contributed by atoms with Crippen LogP contribution in [0.1, 0.15) is 37.2 Å². The van der Waals surface area contributed by atoms with E-state index in [0.29, 0.717) is 18.5 Å². The molecular formula is C11H13N3O2. The third kappa shape index (κ3) is 2.08. The van der Waals surface area contributed by atoms with E-state index in [1.165, 1.54) is 0 Å². The third-order valence-corrected chi connectivity index (χ3v) is 2.64. The van der Waals surface area contributed by atoms with Crippen molar-refractivity contribution in [2.45, 2.75) is 32.1 Å². The molecule has 0 aliphatic carbocycles. The van der Waals surface area contributed by atoms with Gasteiger partial charge < -0.3 is 0 Å². The second-order valence-electron chi connectivity index (χ2n) is 3.75. The van der Waals surface area contributed by atoms with Crippen LogP contribution >= 0.6 is 0 Å². The molecule has 1 aromatic rings. The van der Waals surface area contributed by atoms with Crippen LogP contribution in [-0.2, 0) is 16.0 Å². The van der Waals surface area contributed by atoms with Crippen LogP contribution in [0.2, 0.25) is 0 Å². The van der Waals surface area contributed by atoms with Gasteiger partial charge >= 0.3 is 0 Å². The zero-order valence-electron chi connectivity index (χ0n) is 9.06.